The molecule has 0 aliphatic heterocycles. The van der Waals surface area contributed by atoms with E-state index in [1.165, 1.54) is 44.9 Å². The maximum atomic E-state index is 14.3. The lowest BCUT2D eigenvalue weighted by Gasteiger charge is -2.32. The molecule has 0 saturated carbocycles. The number of ether oxygens (including phenoxy) is 26. The molecule has 121 heavy (non-hydrogen) atoms. The van der Waals surface area contributed by atoms with E-state index in [0.29, 0.717) is 337 Å². The number of carbonyl (C=O) groups excluding carboxylic acids is 2. The smallest absolute Gasteiger partial charge is 0.313 e. The van der Waals surface area contributed by atoms with Crippen LogP contribution in [-0.2, 0) is 151 Å². The average molecular weight is 1740 g/mol. The Balaban J connectivity index is 1.27. The molecule has 0 aliphatic carbocycles. The van der Waals surface area contributed by atoms with E-state index in [0.717, 1.165) is 88.2 Å². The maximum absolute atomic E-state index is 14.3. The molecular weight excluding hydrogens is 1570 g/mol. The van der Waals surface area contributed by atoms with Crippen LogP contribution in [0, 0.1) is 5.41 Å². The highest BCUT2D eigenvalue weighted by Crippen LogP contribution is 2.34. The highest BCUT2D eigenvalue weighted by Gasteiger charge is 2.39. The van der Waals surface area contributed by atoms with Crippen LogP contribution in [0.3, 0.4) is 0 Å². The van der Waals surface area contributed by atoms with Crippen molar-refractivity contribution in [2.75, 3.05) is 330 Å². The zero-order valence-corrected chi connectivity index (χ0v) is 74.2. The first-order chi connectivity index (χ1) is 59.9. The molecule has 2 aromatic rings. The van der Waals surface area contributed by atoms with Gasteiger partial charge >= 0.3 is 17.9 Å². The second-order valence-electron chi connectivity index (χ2n) is 28.4. The quantitative estimate of drug-likeness (QED) is 0.0459. The third-order valence-electron chi connectivity index (χ3n) is 18.3. The van der Waals surface area contributed by atoms with Crippen LogP contribution in [0.25, 0.3) is 0 Å². The number of carbonyl (C=O) groups is 3. The number of hydrogen-bond donors (Lipinski definition) is 2. The van der Waals surface area contributed by atoms with Gasteiger partial charge in [0.1, 0.15) is 13.2 Å². The molecule has 0 aromatic heterocycles. The Morgan fingerprint density at radius 2 is 0.471 bits per heavy atom. The topological polar surface area (TPSA) is 323 Å². The Morgan fingerprint density at radius 1 is 0.256 bits per heavy atom. The minimum absolute atomic E-state index is 0.0123. The summed E-state index contributed by atoms with van der Waals surface area (Å²) in [5.74, 6) is -1.11. The molecule has 0 aliphatic rings. The van der Waals surface area contributed by atoms with E-state index < -0.39 is 11.4 Å². The van der Waals surface area contributed by atoms with Gasteiger partial charge in [-0.25, -0.2) is 0 Å². The largest absolute Gasteiger partial charge is 0.481 e. The Kier molecular flexibility index (Phi) is 88.6. The van der Waals surface area contributed by atoms with Crippen LogP contribution in [0.2, 0.25) is 0 Å². The van der Waals surface area contributed by atoms with Gasteiger partial charge in [0.05, 0.1) is 329 Å². The average Bonchev–Trinajstić information content (AvgIpc) is 0.832. The number of carboxylic acids is 1. The minimum atomic E-state index is -0.881. The summed E-state index contributed by atoms with van der Waals surface area (Å²) in [5.41, 5.74) is 1.39. The highest BCUT2D eigenvalue weighted by atomic mass is 16.6. The van der Waals surface area contributed by atoms with Crippen molar-refractivity contribution in [1.82, 2.24) is 5.32 Å². The first-order valence-corrected chi connectivity index (χ1v) is 45.1. The minimum Gasteiger partial charge on any atom is -0.481 e. The number of aliphatic carboxylic acids is 1. The Morgan fingerprint density at radius 3 is 0.719 bits per heavy atom. The standard InChI is InChI=1S/C90H161NO30/c1-2-3-4-5-6-8-11-14-23-31-90(89(95)121-83-86-27-20-17-21-28-86,32-24-15-12-9-7-10-13-22-29-88(94)120-82-85-25-18-16-19-26-85)84-91-33-35-97-37-39-99-41-43-101-45-47-103-49-51-105-53-55-107-57-59-109-61-63-111-65-67-113-69-71-115-73-75-117-77-79-119-81-80-118-78-76-116-74-72-114-70-68-112-66-64-110-62-60-108-58-56-106-54-52-104-50-48-102-46-44-100-42-40-98-38-36-96-34-30-87(92)93/h16-21,25-28,91H,2-15,22-24,29-84H2,1H3,(H,92,93). The second kappa shape index (κ2) is 95.0. The molecule has 1 atom stereocenters. The van der Waals surface area contributed by atoms with E-state index in [9.17, 15) is 14.4 Å². The summed E-state index contributed by atoms with van der Waals surface area (Å²) < 4.78 is 145. The molecule has 0 spiro atoms. The zero-order valence-electron chi connectivity index (χ0n) is 74.2. The third kappa shape index (κ3) is 83.8. The molecule has 2 aromatic carbocycles. The van der Waals surface area contributed by atoms with Gasteiger partial charge in [-0.2, -0.15) is 0 Å². The van der Waals surface area contributed by atoms with Crippen molar-refractivity contribution in [3.05, 3.63) is 71.8 Å². The molecular formula is C90H161NO30. The summed E-state index contributed by atoms with van der Waals surface area (Å²) in [4.78, 5) is 37.0. The number of carboxylic acid groups (broad SMARTS) is 1. The van der Waals surface area contributed by atoms with E-state index >= 15 is 0 Å². The summed E-state index contributed by atoms with van der Waals surface area (Å²) >= 11 is 0. The fourth-order valence-corrected chi connectivity index (χ4v) is 11.6. The normalized spacial score (nSPS) is 12.1. The van der Waals surface area contributed by atoms with E-state index in [1.807, 2.05) is 60.7 Å². The lowest BCUT2D eigenvalue weighted by atomic mass is 9.77. The summed E-state index contributed by atoms with van der Waals surface area (Å²) in [6, 6.07) is 19.8. The number of esters is 2. The third-order valence-corrected chi connectivity index (χ3v) is 18.3. The fourth-order valence-electron chi connectivity index (χ4n) is 11.6. The van der Waals surface area contributed by atoms with Crippen LogP contribution >= 0.6 is 0 Å². The molecule has 31 heteroatoms. The molecule has 1 unspecified atom stereocenters. The van der Waals surface area contributed by atoms with E-state index in [1.54, 1.807) is 0 Å². The molecule has 706 valence electrons. The van der Waals surface area contributed by atoms with Gasteiger partial charge in [-0.05, 0) is 30.4 Å². The molecule has 2 N–H and O–H groups in total. The molecule has 0 radical (unpaired) electrons. The van der Waals surface area contributed by atoms with E-state index in [2.05, 4.69) is 12.2 Å². The van der Waals surface area contributed by atoms with E-state index in [-0.39, 0.29) is 31.6 Å². The SMILES string of the molecule is CCCCCCCCCCCC(CCCCCCCCCCC(=O)OCc1ccccc1)(CNCCOCCOCCOCCOCCOCCOCCOCCOCCOCCOCCOCCOCCOCCOCCOCCOCCOCCOCCOCCOCCOCCOCCOCCOCCC(=O)O)C(=O)OCc1ccccc1. The van der Waals surface area contributed by atoms with Crippen molar-refractivity contribution in [2.45, 2.75) is 155 Å². The number of rotatable bonds is 103. The molecule has 0 amide bonds. The monoisotopic (exact) mass is 1740 g/mol. The number of nitrogens with one attached hydrogen (secondary N) is 1. The van der Waals surface area contributed by atoms with E-state index in [4.69, 9.17) is 128 Å². The van der Waals surface area contributed by atoms with Gasteiger partial charge in [0.25, 0.3) is 0 Å². The van der Waals surface area contributed by atoms with Gasteiger partial charge in [0.2, 0.25) is 0 Å². The van der Waals surface area contributed by atoms with Crippen molar-refractivity contribution in [3.8, 4) is 0 Å². The van der Waals surface area contributed by atoms with Crippen molar-refractivity contribution < 1.29 is 143 Å². The first-order valence-electron chi connectivity index (χ1n) is 45.1. The van der Waals surface area contributed by atoms with Crippen molar-refractivity contribution in [1.29, 1.82) is 0 Å². The van der Waals surface area contributed by atoms with Gasteiger partial charge < -0.3 is 134 Å². The van der Waals surface area contributed by atoms with Crippen LogP contribution < -0.4 is 5.32 Å². The number of unbranched alkanes of at least 4 members (excludes halogenated alkanes) is 15. The molecule has 0 heterocycles. The number of hydrogen-bond acceptors (Lipinski definition) is 30. The van der Waals surface area contributed by atoms with Gasteiger partial charge in [-0.3, -0.25) is 14.4 Å². The predicted octanol–water partition coefficient (Wildman–Crippen LogP) is 10.7. The molecule has 2 rings (SSSR count). The maximum Gasteiger partial charge on any atom is 0.313 e. The molecule has 31 nitrogen and oxygen atoms in total. The van der Waals surface area contributed by atoms with Crippen molar-refractivity contribution in [2.24, 2.45) is 5.41 Å². The van der Waals surface area contributed by atoms with Crippen LogP contribution in [-0.4, -0.2) is 353 Å². The summed E-state index contributed by atoms with van der Waals surface area (Å²) in [7, 11) is 0. The molecule has 0 bridgehead atoms. The van der Waals surface area contributed by atoms with Crippen LogP contribution in [0.15, 0.2) is 60.7 Å². The van der Waals surface area contributed by atoms with Gasteiger partial charge in [0, 0.05) is 19.5 Å². The van der Waals surface area contributed by atoms with Crippen LogP contribution in [0.1, 0.15) is 153 Å². The lowest BCUT2D eigenvalue weighted by Crippen LogP contribution is -2.43. The lowest BCUT2D eigenvalue weighted by molar-refractivity contribution is -0.158. The predicted molar refractivity (Wildman–Crippen MR) is 458 cm³/mol. The van der Waals surface area contributed by atoms with Gasteiger partial charge in [-0.15, -0.1) is 0 Å². The Labute approximate surface area is 725 Å². The first kappa shape index (κ1) is 113. The molecule has 0 saturated heterocycles. The van der Waals surface area contributed by atoms with Gasteiger partial charge in [0.15, 0.2) is 0 Å². The van der Waals surface area contributed by atoms with Crippen molar-refractivity contribution >= 4 is 17.9 Å². The van der Waals surface area contributed by atoms with Crippen LogP contribution in [0.4, 0.5) is 0 Å². The fraction of sp³-hybridized carbons (Fsp3) is 0.833. The molecule has 0 fully saturated rings. The Bertz CT molecular complexity index is 2410. The zero-order chi connectivity index (χ0) is 86.2. The van der Waals surface area contributed by atoms with Crippen molar-refractivity contribution in [3.63, 3.8) is 0 Å². The summed E-state index contributed by atoms with van der Waals surface area (Å²) in [5, 5.41) is 12.2. The number of benzene rings is 2. The highest BCUT2D eigenvalue weighted by molar-refractivity contribution is 5.77. The van der Waals surface area contributed by atoms with Crippen LogP contribution in [0.5, 0.6) is 0 Å². The summed E-state index contributed by atoms with van der Waals surface area (Å²) in [6.45, 7) is 26.1. The Hall–Kier alpha value is -4.15. The van der Waals surface area contributed by atoms with Gasteiger partial charge in [-0.1, -0.05) is 170 Å². The summed E-state index contributed by atoms with van der Waals surface area (Å²) in [6.07, 6.45) is 21.5. The second-order valence-corrected chi connectivity index (χ2v) is 28.4.